The zero-order chi connectivity index (χ0) is 9.26. The summed E-state index contributed by atoms with van der Waals surface area (Å²) in [5.41, 5.74) is 0. The van der Waals surface area contributed by atoms with Crippen molar-refractivity contribution in [1.29, 1.82) is 0 Å². The molecule has 2 aromatic heterocycles. The first-order valence-corrected chi connectivity index (χ1v) is 5.37. The van der Waals surface area contributed by atoms with E-state index >= 15 is 0 Å². The van der Waals surface area contributed by atoms with Gasteiger partial charge in [-0.3, -0.25) is 0 Å². The number of aromatic hydroxyl groups is 1. The molecule has 0 saturated heterocycles. The van der Waals surface area contributed by atoms with Gasteiger partial charge in [-0.1, -0.05) is 6.07 Å². The zero-order valence-corrected chi connectivity index (χ0v) is 9.05. The van der Waals surface area contributed by atoms with Gasteiger partial charge in [0.1, 0.15) is 4.60 Å². The fraction of sp³-hybridized carbons (Fsp3) is 0.125. The monoisotopic (exact) mass is 258 g/mol. The summed E-state index contributed by atoms with van der Waals surface area (Å²) in [7, 11) is 0. The van der Waals surface area contributed by atoms with Gasteiger partial charge in [0, 0.05) is 4.88 Å². The molecule has 0 unspecified atom stereocenters. The molecule has 1 N–H and O–H groups in total. The van der Waals surface area contributed by atoms with E-state index < -0.39 is 0 Å². The molecule has 0 aromatic carbocycles. The summed E-state index contributed by atoms with van der Waals surface area (Å²) >= 11 is 4.92. The minimum Gasteiger partial charge on any atom is -0.504 e. The number of rotatable bonds is 2. The van der Waals surface area contributed by atoms with Crippen molar-refractivity contribution in [2.24, 2.45) is 0 Å². The normalized spacial score (nSPS) is 10.5. The van der Waals surface area contributed by atoms with E-state index in [9.17, 15) is 5.11 Å². The molecule has 0 bridgehead atoms. The summed E-state index contributed by atoms with van der Waals surface area (Å²) in [5, 5.41) is 15.3. The van der Waals surface area contributed by atoms with Crippen LogP contribution in [0.1, 0.15) is 4.88 Å². The Balaban J connectivity index is 2.24. The molecule has 0 amide bonds. The topological polar surface area (TPSA) is 38.1 Å². The van der Waals surface area contributed by atoms with Crippen molar-refractivity contribution in [1.82, 2.24) is 9.78 Å². The summed E-state index contributed by atoms with van der Waals surface area (Å²) in [6.45, 7) is 0.693. The average molecular weight is 259 g/mol. The molecule has 0 fully saturated rings. The molecule has 13 heavy (non-hydrogen) atoms. The lowest BCUT2D eigenvalue weighted by atomic mass is 10.5. The van der Waals surface area contributed by atoms with E-state index in [-0.39, 0.29) is 5.75 Å². The minimum absolute atomic E-state index is 0.177. The highest BCUT2D eigenvalue weighted by Crippen LogP contribution is 2.23. The molecule has 3 nitrogen and oxygen atoms in total. The average Bonchev–Trinajstić information content (AvgIpc) is 2.71. The van der Waals surface area contributed by atoms with Gasteiger partial charge in [-0.2, -0.15) is 5.10 Å². The Hall–Kier alpha value is -0.810. The lowest BCUT2D eigenvalue weighted by Crippen LogP contribution is -1.99. The number of nitrogens with zero attached hydrogens (tertiary/aromatic N) is 2. The summed E-state index contributed by atoms with van der Waals surface area (Å²) in [6.07, 6.45) is 1.43. The highest BCUT2D eigenvalue weighted by atomic mass is 79.9. The van der Waals surface area contributed by atoms with Crippen LogP contribution in [0.4, 0.5) is 0 Å². The fourth-order valence-electron chi connectivity index (χ4n) is 1.02. The third-order valence-corrected chi connectivity index (χ3v) is 3.32. The van der Waals surface area contributed by atoms with Gasteiger partial charge in [0.25, 0.3) is 0 Å². The van der Waals surface area contributed by atoms with Gasteiger partial charge in [0.2, 0.25) is 0 Å². The van der Waals surface area contributed by atoms with Crippen molar-refractivity contribution < 1.29 is 5.11 Å². The SMILES string of the molecule is Oc1cnn(Cc2cccs2)c1Br. The van der Waals surface area contributed by atoms with Crippen LogP contribution >= 0.6 is 27.3 Å². The number of hydrogen-bond donors (Lipinski definition) is 1. The van der Waals surface area contributed by atoms with E-state index in [4.69, 9.17) is 0 Å². The summed E-state index contributed by atoms with van der Waals surface area (Å²) in [6, 6.07) is 4.03. The molecule has 2 aromatic rings. The highest BCUT2D eigenvalue weighted by Gasteiger charge is 2.06. The van der Waals surface area contributed by atoms with E-state index in [2.05, 4.69) is 21.0 Å². The zero-order valence-electron chi connectivity index (χ0n) is 6.64. The van der Waals surface area contributed by atoms with Crippen LogP contribution in [0.5, 0.6) is 5.75 Å². The highest BCUT2D eigenvalue weighted by molar-refractivity contribution is 9.10. The third-order valence-electron chi connectivity index (χ3n) is 1.64. The number of hydrogen-bond acceptors (Lipinski definition) is 3. The molecular formula is C8H7BrN2OS. The van der Waals surface area contributed by atoms with Crippen LogP contribution in [-0.2, 0) is 6.54 Å². The molecule has 0 spiro atoms. The van der Waals surface area contributed by atoms with E-state index in [0.717, 1.165) is 0 Å². The van der Waals surface area contributed by atoms with E-state index in [0.29, 0.717) is 11.1 Å². The smallest absolute Gasteiger partial charge is 0.168 e. The Morgan fingerprint density at radius 1 is 1.62 bits per heavy atom. The van der Waals surface area contributed by atoms with Gasteiger partial charge in [-0.15, -0.1) is 11.3 Å². The van der Waals surface area contributed by atoms with Gasteiger partial charge < -0.3 is 5.11 Å². The fourth-order valence-corrected chi connectivity index (χ4v) is 2.03. The van der Waals surface area contributed by atoms with Crippen LogP contribution in [-0.4, -0.2) is 14.9 Å². The van der Waals surface area contributed by atoms with E-state index in [1.54, 1.807) is 16.0 Å². The maximum absolute atomic E-state index is 9.24. The van der Waals surface area contributed by atoms with Crippen molar-refractivity contribution in [3.05, 3.63) is 33.2 Å². The summed E-state index contributed by atoms with van der Waals surface area (Å²) in [4.78, 5) is 1.21. The Morgan fingerprint density at radius 3 is 3.00 bits per heavy atom. The van der Waals surface area contributed by atoms with Crippen LogP contribution in [0.25, 0.3) is 0 Å². The number of thiophene rings is 1. The molecule has 0 aliphatic heterocycles. The van der Waals surface area contributed by atoms with E-state index in [1.807, 2.05) is 17.5 Å². The standard InChI is InChI=1S/C8H7BrN2OS/c9-8-7(12)4-10-11(8)5-6-2-1-3-13-6/h1-4,12H,5H2. The minimum atomic E-state index is 0.177. The lowest BCUT2D eigenvalue weighted by molar-refractivity contribution is 0.469. The van der Waals surface area contributed by atoms with Crippen LogP contribution in [0, 0.1) is 0 Å². The Morgan fingerprint density at radius 2 is 2.46 bits per heavy atom. The van der Waals surface area contributed by atoms with Gasteiger partial charge >= 0.3 is 0 Å². The third kappa shape index (κ3) is 1.76. The first-order chi connectivity index (χ1) is 6.27. The predicted octanol–water partition coefficient (Wildman–Crippen LogP) is 2.46. The van der Waals surface area contributed by atoms with Gasteiger partial charge in [-0.25, -0.2) is 4.68 Å². The molecule has 0 atom stereocenters. The quantitative estimate of drug-likeness (QED) is 0.899. The van der Waals surface area contributed by atoms with Crippen LogP contribution in [0.3, 0.4) is 0 Å². The molecule has 0 aliphatic rings. The van der Waals surface area contributed by atoms with Crippen LogP contribution in [0.15, 0.2) is 28.3 Å². The molecule has 2 rings (SSSR count). The maximum atomic E-state index is 9.24. The van der Waals surface area contributed by atoms with Crippen molar-refractivity contribution in [2.75, 3.05) is 0 Å². The second-order valence-corrected chi connectivity index (χ2v) is 4.34. The molecular weight excluding hydrogens is 252 g/mol. The lowest BCUT2D eigenvalue weighted by Gasteiger charge is -1.99. The molecule has 68 valence electrons. The Bertz CT molecular complexity index is 396. The molecule has 5 heteroatoms. The van der Waals surface area contributed by atoms with Crippen molar-refractivity contribution in [2.45, 2.75) is 6.54 Å². The second kappa shape index (κ2) is 3.51. The van der Waals surface area contributed by atoms with Crippen LogP contribution < -0.4 is 0 Å². The van der Waals surface area contributed by atoms with Crippen molar-refractivity contribution in [3.8, 4) is 5.75 Å². The van der Waals surface area contributed by atoms with Gasteiger partial charge in [0.15, 0.2) is 5.75 Å². The summed E-state index contributed by atoms with van der Waals surface area (Å²) in [5.74, 6) is 0.177. The predicted molar refractivity (Wildman–Crippen MR) is 55.0 cm³/mol. The first kappa shape index (κ1) is 8.77. The Labute approximate surface area is 87.8 Å². The first-order valence-electron chi connectivity index (χ1n) is 3.70. The van der Waals surface area contributed by atoms with Crippen molar-refractivity contribution >= 4 is 27.3 Å². The van der Waals surface area contributed by atoms with Crippen molar-refractivity contribution in [3.63, 3.8) is 0 Å². The second-order valence-electron chi connectivity index (χ2n) is 2.56. The molecule has 2 heterocycles. The summed E-state index contributed by atoms with van der Waals surface area (Å²) < 4.78 is 2.34. The van der Waals surface area contributed by atoms with Crippen LogP contribution in [0.2, 0.25) is 0 Å². The van der Waals surface area contributed by atoms with E-state index in [1.165, 1.54) is 11.1 Å². The molecule has 0 radical (unpaired) electrons. The maximum Gasteiger partial charge on any atom is 0.168 e. The molecule has 0 saturated carbocycles. The molecule has 0 aliphatic carbocycles. The largest absolute Gasteiger partial charge is 0.504 e. The number of aromatic nitrogens is 2. The van der Waals surface area contributed by atoms with Gasteiger partial charge in [0.05, 0.1) is 12.7 Å². The number of halogens is 1. The van der Waals surface area contributed by atoms with Gasteiger partial charge in [-0.05, 0) is 27.4 Å². The Kier molecular flexibility index (Phi) is 2.37.